The quantitative estimate of drug-likeness (QED) is 0.724. The number of halogens is 2. The molecular formula is C21H27ClFN3O3. The van der Waals surface area contributed by atoms with Gasteiger partial charge < -0.3 is 14.5 Å². The van der Waals surface area contributed by atoms with Gasteiger partial charge in [0.25, 0.3) is 0 Å². The van der Waals surface area contributed by atoms with E-state index in [-0.39, 0.29) is 28.8 Å². The molecule has 2 amide bonds. The maximum absolute atomic E-state index is 14.0. The van der Waals surface area contributed by atoms with Crippen LogP contribution in [0.1, 0.15) is 18.4 Å². The van der Waals surface area contributed by atoms with Crippen molar-refractivity contribution < 1.29 is 18.7 Å². The second kappa shape index (κ2) is 8.58. The van der Waals surface area contributed by atoms with Gasteiger partial charge >= 0.3 is 0 Å². The molecule has 3 saturated heterocycles. The minimum atomic E-state index is -0.473. The zero-order valence-corrected chi connectivity index (χ0v) is 17.3. The molecule has 4 rings (SSSR count). The summed E-state index contributed by atoms with van der Waals surface area (Å²) in [6.07, 6.45) is 1.38. The first-order valence-electron chi connectivity index (χ1n) is 10.3. The molecule has 1 spiro atoms. The Bertz CT molecular complexity index is 766. The van der Waals surface area contributed by atoms with Crippen LogP contribution in [0, 0.1) is 11.2 Å². The fourth-order valence-electron chi connectivity index (χ4n) is 4.62. The number of carbonyl (C=O) groups is 2. The van der Waals surface area contributed by atoms with Gasteiger partial charge in [0.1, 0.15) is 5.82 Å². The Kier molecular flexibility index (Phi) is 6.08. The van der Waals surface area contributed by atoms with Crippen molar-refractivity contribution >= 4 is 23.4 Å². The average molecular weight is 424 g/mol. The van der Waals surface area contributed by atoms with Crippen molar-refractivity contribution in [3.63, 3.8) is 0 Å². The molecule has 3 fully saturated rings. The molecule has 1 aromatic rings. The number of ether oxygens (including phenoxy) is 1. The van der Waals surface area contributed by atoms with Crippen LogP contribution in [-0.4, -0.2) is 85.5 Å². The molecule has 0 aliphatic carbocycles. The van der Waals surface area contributed by atoms with Gasteiger partial charge in [0.2, 0.25) is 11.8 Å². The summed E-state index contributed by atoms with van der Waals surface area (Å²) >= 11 is 6.06. The average Bonchev–Trinajstić information content (AvgIpc) is 3.29. The number of carbonyl (C=O) groups excluding carboxylic acids is 2. The third kappa shape index (κ3) is 4.27. The Morgan fingerprint density at radius 2 is 1.90 bits per heavy atom. The molecule has 1 aromatic carbocycles. The van der Waals surface area contributed by atoms with Gasteiger partial charge in [-0.2, -0.15) is 0 Å². The molecule has 8 heteroatoms. The molecule has 158 valence electrons. The van der Waals surface area contributed by atoms with E-state index in [0.29, 0.717) is 19.5 Å². The van der Waals surface area contributed by atoms with E-state index in [1.807, 2.05) is 4.90 Å². The van der Waals surface area contributed by atoms with E-state index in [2.05, 4.69) is 4.90 Å². The smallest absolute Gasteiger partial charge is 0.230 e. The summed E-state index contributed by atoms with van der Waals surface area (Å²) in [5.74, 6) is -0.482. The molecule has 6 nitrogen and oxygen atoms in total. The van der Waals surface area contributed by atoms with Crippen LogP contribution in [0.15, 0.2) is 18.2 Å². The first kappa shape index (κ1) is 20.6. The number of nitrogens with zero attached hydrogens (tertiary/aromatic N) is 3. The van der Waals surface area contributed by atoms with Gasteiger partial charge in [0, 0.05) is 56.4 Å². The first-order valence-corrected chi connectivity index (χ1v) is 10.7. The highest BCUT2D eigenvalue weighted by Gasteiger charge is 2.51. The van der Waals surface area contributed by atoms with Crippen LogP contribution in [0.4, 0.5) is 4.39 Å². The molecule has 0 bridgehead atoms. The van der Waals surface area contributed by atoms with Crippen molar-refractivity contribution in [2.24, 2.45) is 5.41 Å². The van der Waals surface area contributed by atoms with Crippen LogP contribution < -0.4 is 0 Å². The molecule has 3 heterocycles. The fourth-order valence-corrected chi connectivity index (χ4v) is 4.85. The zero-order chi connectivity index (χ0) is 20.4. The van der Waals surface area contributed by atoms with Crippen molar-refractivity contribution in [1.29, 1.82) is 0 Å². The molecule has 1 atom stereocenters. The standard InChI is InChI=1S/C21H27ClFN3O3/c22-17-2-1-3-18(23)16(17)14-19(27)26-7-5-21(15-26)4-6-25(20(21)28)9-8-24-10-12-29-13-11-24/h1-3H,4-15H2. The lowest BCUT2D eigenvalue weighted by atomic mass is 9.85. The third-order valence-electron chi connectivity index (χ3n) is 6.49. The highest BCUT2D eigenvalue weighted by molar-refractivity contribution is 6.31. The monoisotopic (exact) mass is 423 g/mol. The largest absolute Gasteiger partial charge is 0.379 e. The summed E-state index contributed by atoms with van der Waals surface area (Å²) in [6.45, 7) is 6.60. The molecule has 0 saturated carbocycles. The lowest BCUT2D eigenvalue weighted by molar-refractivity contribution is -0.136. The molecule has 1 unspecified atom stereocenters. The van der Waals surface area contributed by atoms with E-state index in [1.54, 1.807) is 11.0 Å². The number of hydrogen-bond donors (Lipinski definition) is 0. The Hall–Kier alpha value is -1.70. The molecule has 3 aliphatic rings. The van der Waals surface area contributed by atoms with E-state index in [1.165, 1.54) is 12.1 Å². The van der Waals surface area contributed by atoms with Gasteiger partial charge in [-0.1, -0.05) is 17.7 Å². The zero-order valence-electron chi connectivity index (χ0n) is 16.5. The van der Waals surface area contributed by atoms with Gasteiger partial charge in [-0.05, 0) is 25.0 Å². The lowest BCUT2D eigenvalue weighted by Gasteiger charge is -2.29. The second-order valence-corrected chi connectivity index (χ2v) is 8.63. The number of rotatable bonds is 5. The number of likely N-dealkylation sites (tertiary alicyclic amines) is 2. The predicted molar refractivity (Wildman–Crippen MR) is 107 cm³/mol. The van der Waals surface area contributed by atoms with Gasteiger partial charge in [0.15, 0.2) is 0 Å². The van der Waals surface area contributed by atoms with E-state index < -0.39 is 11.2 Å². The summed E-state index contributed by atoms with van der Waals surface area (Å²) in [7, 11) is 0. The molecule has 0 radical (unpaired) electrons. The van der Waals surface area contributed by atoms with E-state index in [0.717, 1.165) is 52.4 Å². The van der Waals surface area contributed by atoms with Crippen LogP contribution in [0.2, 0.25) is 5.02 Å². The normalized spacial score (nSPS) is 25.4. The van der Waals surface area contributed by atoms with Crippen molar-refractivity contribution in [2.75, 3.05) is 59.0 Å². The van der Waals surface area contributed by atoms with Crippen molar-refractivity contribution in [3.05, 3.63) is 34.6 Å². The number of amides is 2. The van der Waals surface area contributed by atoms with Gasteiger partial charge in [0.05, 0.1) is 25.0 Å². The molecular weight excluding hydrogens is 397 g/mol. The summed E-state index contributed by atoms with van der Waals surface area (Å²) < 4.78 is 19.4. The molecule has 3 aliphatic heterocycles. The first-order chi connectivity index (χ1) is 14.0. The third-order valence-corrected chi connectivity index (χ3v) is 6.84. The van der Waals surface area contributed by atoms with E-state index in [4.69, 9.17) is 16.3 Å². The Balaban J connectivity index is 1.33. The summed E-state index contributed by atoms with van der Waals surface area (Å²) in [5.41, 5.74) is -0.246. The highest BCUT2D eigenvalue weighted by atomic mass is 35.5. The Morgan fingerprint density at radius 3 is 2.66 bits per heavy atom. The van der Waals surface area contributed by atoms with Crippen molar-refractivity contribution in [2.45, 2.75) is 19.3 Å². The summed E-state index contributed by atoms with van der Waals surface area (Å²) in [6, 6.07) is 4.43. The predicted octanol–water partition coefficient (Wildman–Crippen LogP) is 1.80. The number of benzene rings is 1. The van der Waals surface area contributed by atoms with E-state index >= 15 is 0 Å². The van der Waals surface area contributed by atoms with Gasteiger partial charge in [-0.15, -0.1) is 0 Å². The highest BCUT2D eigenvalue weighted by Crippen LogP contribution is 2.41. The topological polar surface area (TPSA) is 53.1 Å². The number of morpholine rings is 1. The summed E-state index contributed by atoms with van der Waals surface area (Å²) in [5, 5.41) is 0.262. The lowest BCUT2D eigenvalue weighted by Crippen LogP contribution is -2.44. The van der Waals surface area contributed by atoms with Crippen LogP contribution in [0.5, 0.6) is 0 Å². The Labute approximate surface area is 175 Å². The van der Waals surface area contributed by atoms with Gasteiger partial charge in [-0.3, -0.25) is 14.5 Å². The summed E-state index contributed by atoms with van der Waals surface area (Å²) in [4.78, 5) is 31.8. The second-order valence-electron chi connectivity index (χ2n) is 8.22. The molecule has 0 aromatic heterocycles. The van der Waals surface area contributed by atoms with Crippen LogP contribution >= 0.6 is 11.6 Å². The minimum absolute atomic E-state index is 0.0729. The molecule has 29 heavy (non-hydrogen) atoms. The Morgan fingerprint density at radius 1 is 1.14 bits per heavy atom. The van der Waals surface area contributed by atoms with Crippen molar-refractivity contribution in [1.82, 2.24) is 14.7 Å². The van der Waals surface area contributed by atoms with Crippen molar-refractivity contribution in [3.8, 4) is 0 Å². The fraction of sp³-hybridized carbons (Fsp3) is 0.619. The van der Waals surface area contributed by atoms with Crippen LogP contribution in [-0.2, 0) is 20.7 Å². The van der Waals surface area contributed by atoms with Crippen LogP contribution in [0.3, 0.4) is 0 Å². The maximum Gasteiger partial charge on any atom is 0.230 e. The van der Waals surface area contributed by atoms with Gasteiger partial charge in [-0.25, -0.2) is 4.39 Å². The SMILES string of the molecule is O=C(Cc1c(F)cccc1Cl)N1CCC2(CCN(CCN3CCOCC3)C2=O)C1. The molecule has 0 N–H and O–H groups in total. The maximum atomic E-state index is 14.0. The van der Waals surface area contributed by atoms with Crippen LogP contribution in [0.25, 0.3) is 0 Å². The van der Waals surface area contributed by atoms with E-state index in [9.17, 15) is 14.0 Å². The minimum Gasteiger partial charge on any atom is -0.379 e. The number of hydrogen-bond acceptors (Lipinski definition) is 4.